The standard InChI is InChI=1S/C20H24O4/c1-5-23-18-11-14(13-21)10-17(12-18)15-6-8-16(9-7-15)19(22)24-20(2,3)4/h6-12,21H,5,13H2,1-4H3. The molecule has 0 saturated heterocycles. The van der Waals surface area contributed by atoms with Gasteiger partial charge in [0.2, 0.25) is 0 Å². The summed E-state index contributed by atoms with van der Waals surface area (Å²) >= 11 is 0. The molecule has 0 unspecified atom stereocenters. The fraction of sp³-hybridized carbons (Fsp3) is 0.350. The second kappa shape index (κ2) is 7.49. The Morgan fingerprint density at radius 3 is 2.25 bits per heavy atom. The van der Waals surface area contributed by atoms with Crippen LogP contribution in [0, 0.1) is 0 Å². The molecule has 0 saturated carbocycles. The summed E-state index contributed by atoms with van der Waals surface area (Å²) in [5.41, 5.74) is 2.65. The van der Waals surface area contributed by atoms with Gasteiger partial charge in [-0.2, -0.15) is 0 Å². The summed E-state index contributed by atoms with van der Waals surface area (Å²) in [4.78, 5) is 12.1. The lowest BCUT2D eigenvalue weighted by Gasteiger charge is -2.19. The van der Waals surface area contributed by atoms with Crippen LogP contribution in [0.3, 0.4) is 0 Å². The third-order valence-corrected chi connectivity index (χ3v) is 3.31. The Bertz CT molecular complexity index is 697. The number of rotatable bonds is 5. The molecule has 4 nitrogen and oxygen atoms in total. The number of ether oxygens (including phenoxy) is 2. The molecule has 0 aliphatic rings. The van der Waals surface area contributed by atoms with Crippen molar-refractivity contribution in [1.29, 1.82) is 0 Å². The summed E-state index contributed by atoms with van der Waals surface area (Å²) in [5.74, 6) is 0.378. The fourth-order valence-electron chi connectivity index (χ4n) is 2.30. The predicted molar refractivity (Wildman–Crippen MR) is 94.1 cm³/mol. The number of hydrogen-bond donors (Lipinski definition) is 1. The Morgan fingerprint density at radius 1 is 1.04 bits per heavy atom. The average Bonchev–Trinajstić information content (AvgIpc) is 2.53. The second-order valence-corrected chi connectivity index (χ2v) is 6.54. The Hall–Kier alpha value is -2.33. The van der Waals surface area contributed by atoms with Gasteiger partial charge in [0.1, 0.15) is 11.4 Å². The van der Waals surface area contributed by atoms with Gasteiger partial charge in [0.15, 0.2) is 0 Å². The first-order chi connectivity index (χ1) is 11.3. The van der Waals surface area contributed by atoms with E-state index in [1.807, 2.05) is 58.0 Å². The second-order valence-electron chi connectivity index (χ2n) is 6.54. The van der Waals surface area contributed by atoms with Crippen LogP contribution in [-0.2, 0) is 11.3 Å². The molecule has 0 spiro atoms. The lowest BCUT2D eigenvalue weighted by Crippen LogP contribution is -2.23. The van der Waals surface area contributed by atoms with Crippen molar-refractivity contribution in [2.45, 2.75) is 39.9 Å². The first-order valence-corrected chi connectivity index (χ1v) is 8.04. The van der Waals surface area contributed by atoms with Gasteiger partial charge in [0.25, 0.3) is 0 Å². The van der Waals surface area contributed by atoms with Crippen molar-refractivity contribution in [2.75, 3.05) is 6.61 Å². The molecule has 2 rings (SSSR count). The van der Waals surface area contributed by atoms with Crippen molar-refractivity contribution in [3.63, 3.8) is 0 Å². The molecule has 0 heterocycles. The molecule has 1 N–H and O–H groups in total. The molecule has 128 valence electrons. The fourth-order valence-corrected chi connectivity index (χ4v) is 2.30. The zero-order valence-electron chi connectivity index (χ0n) is 14.6. The van der Waals surface area contributed by atoms with Crippen molar-refractivity contribution >= 4 is 5.97 Å². The van der Waals surface area contributed by atoms with Gasteiger partial charge in [0.05, 0.1) is 18.8 Å². The van der Waals surface area contributed by atoms with Crippen LogP contribution in [0.15, 0.2) is 42.5 Å². The van der Waals surface area contributed by atoms with Crippen molar-refractivity contribution in [1.82, 2.24) is 0 Å². The first kappa shape index (κ1) is 18.0. The summed E-state index contributed by atoms with van der Waals surface area (Å²) < 4.78 is 10.9. The first-order valence-electron chi connectivity index (χ1n) is 8.04. The lowest BCUT2D eigenvalue weighted by atomic mass is 10.0. The molecule has 0 aliphatic heterocycles. The van der Waals surface area contributed by atoms with Crippen LogP contribution in [0.4, 0.5) is 0 Å². The van der Waals surface area contributed by atoms with Gasteiger partial charge >= 0.3 is 5.97 Å². The van der Waals surface area contributed by atoms with Gasteiger partial charge in [-0.05, 0) is 74.7 Å². The molecule has 4 heteroatoms. The smallest absolute Gasteiger partial charge is 0.338 e. The topological polar surface area (TPSA) is 55.8 Å². The minimum absolute atomic E-state index is 0.0517. The van der Waals surface area contributed by atoms with Crippen LogP contribution in [0.2, 0.25) is 0 Å². The Morgan fingerprint density at radius 2 is 1.71 bits per heavy atom. The molecule has 24 heavy (non-hydrogen) atoms. The van der Waals surface area contributed by atoms with Crippen molar-refractivity contribution in [3.05, 3.63) is 53.6 Å². The zero-order valence-corrected chi connectivity index (χ0v) is 14.6. The lowest BCUT2D eigenvalue weighted by molar-refractivity contribution is 0.00695. The van der Waals surface area contributed by atoms with E-state index < -0.39 is 5.60 Å². The number of benzene rings is 2. The van der Waals surface area contributed by atoms with E-state index in [0.29, 0.717) is 12.2 Å². The molecule has 2 aromatic carbocycles. The number of aliphatic hydroxyl groups is 1. The summed E-state index contributed by atoms with van der Waals surface area (Å²) in [5, 5.41) is 9.41. The van der Waals surface area contributed by atoms with E-state index in [1.165, 1.54) is 0 Å². The quantitative estimate of drug-likeness (QED) is 0.836. The summed E-state index contributed by atoms with van der Waals surface area (Å²) in [6, 6.07) is 12.9. The largest absolute Gasteiger partial charge is 0.494 e. The van der Waals surface area contributed by atoms with Gasteiger partial charge in [-0.1, -0.05) is 12.1 Å². The van der Waals surface area contributed by atoms with E-state index in [1.54, 1.807) is 12.1 Å². The van der Waals surface area contributed by atoms with E-state index in [0.717, 1.165) is 22.4 Å². The maximum Gasteiger partial charge on any atom is 0.338 e. The monoisotopic (exact) mass is 328 g/mol. The molecule has 0 bridgehead atoms. The van der Waals surface area contributed by atoms with Crippen molar-refractivity contribution < 1.29 is 19.4 Å². The molecule has 0 atom stereocenters. The molecule has 0 aliphatic carbocycles. The number of hydrogen-bond acceptors (Lipinski definition) is 4. The molecular weight excluding hydrogens is 304 g/mol. The highest BCUT2D eigenvalue weighted by atomic mass is 16.6. The molecular formula is C20H24O4. The van der Waals surface area contributed by atoms with Crippen LogP contribution in [0.1, 0.15) is 43.6 Å². The number of carbonyl (C=O) groups excluding carboxylic acids is 1. The maximum atomic E-state index is 12.1. The number of carbonyl (C=O) groups is 1. The minimum Gasteiger partial charge on any atom is -0.494 e. The third-order valence-electron chi connectivity index (χ3n) is 3.31. The number of aliphatic hydroxyl groups excluding tert-OH is 1. The normalized spacial score (nSPS) is 11.2. The van der Waals surface area contributed by atoms with E-state index in [-0.39, 0.29) is 12.6 Å². The summed E-state index contributed by atoms with van der Waals surface area (Å²) in [6.45, 7) is 7.95. The van der Waals surface area contributed by atoms with Crippen molar-refractivity contribution in [3.8, 4) is 16.9 Å². The molecule has 0 fully saturated rings. The van der Waals surface area contributed by atoms with Gasteiger partial charge in [0, 0.05) is 0 Å². The summed E-state index contributed by atoms with van der Waals surface area (Å²) in [6.07, 6.45) is 0. The Labute approximate surface area is 143 Å². The van der Waals surface area contributed by atoms with E-state index in [9.17, 15) is 9.90 Å². The van der Waals surface area contributed by atoms with E-state index in [4.69, 9.17) is 9.47 Å². The Balaban J connectivity index is 2.27. The van der Waals surface area contributed by atoms with Crippen LogP contribution in [0.25, 0.3) is 11.1 Å². The summed E-state index contributed by atoms with van der Waals surface area (Å²) in [7, 11) is 0. The zero-order chi connectivity index (χ0) is 17.7. The predicted octanol–water partition coefficient (Wildman–Crippen LogP) is 4.20. The Kier molecular flexibility index (Phi) is 5.62. The highest BCUT2D eigenvalue weighted by molar-refractivity contribution is 5.90. The van der Waals surface area contributed by atoms with E-state index >= 15 is 0 Å². The molecule has 0 amide bonds. The van der Waals surface area contributed by atoms with Gasteiger partial charge in [-0.3, -0.25) is 0 Å². The van der Waals surface area contributed by atoms with Gasteiger partial charge < -0.3 is 14.6 Å². The molecule has 2 aromatic rings. The molecule has 0 radical (unpaired) electrons. The maximum absolute atomic E-state index is 12.1. The third kappa shape index (κ3) is 4.83. The van der Waals surface area contributed by atoms with Gasteiger partial charge in [-0.15, -0.1) is 0 Å². The van der Waals surface area contributed by atoms with Crippen LogP contribution in [-0.4, -0.2) is 23.3 Å². The van der Waals surface area contributed by atoms with Crippen molar-refractivity contribution in [2.24, 2.45) is 0 Å². The highest BCUT2D eigenvalue weighted by Gasteiger charge is 2.17. The average molecular weight is 328 g/mol. The van der Waals surface area contributed by atoms with Crippen LogP contribution in [0.5, 0.6) is 5.75 Å². The van der Waals surface area contributed by atoms with Crippen LogP contribution >= 0.6 is 0 Å². The SMILES string of the molecule is CCOc1cc(CO)cc(-c2ccc(C(=O)OC(C)(C)C)cc2)c1. The number of esters is 1. The minimum atomic E-state index is -0.516. The molecule has 0 aromatic heterocycles. The van der Waals surface area contributed by atoms with Gasteiger partial charge in [-0.25, -0.2) is 4.79 Å². The van der Waals surface area contributed by atoms with E-state index in [2.05, 4.69) is 0 Å². The highest BCUT2D eigenvalue weighted by Crippen LogP contribution is 2.27. The van der Waals surface area contributed by atoms with Crippen LogP contribution < -0.4 is 4.74 Å².